The first-order chi connectivity index (χ1) is 8.02. The summed E-state index contributed by atoms with van der Waals surface area (Å²) in [5.41, 5.74) is 0.442. The maximum atomic E-state index is 6.46. The Morgan fingerprint density at radius 3 is 1.50 bits per heavy atom. The molecule has 2 nitrogen and oxygen atoms in total. The first kappa shape index (κ1) is 16.2. The molecule has 1 saturated carbocycles. The fourth-order valence-electron chi connectivity index (χ4n) is 3.03. The van der Waals surface area contributed by atoms with Crippen LogP contribution in [0, 0.1) is 0 Å². The molecule has 0 amide bonds. The van der Waals surface area contributed by atoms with E-state index in [1.165, 1.54) is 32.1 Å². The normalized spacial score (nSPS) is 20.2. The van der Waals surface area contributed by atoms with E-state index in [1.807, 2.05) is 0 Å². The average molecular weight is 273 g/mol. The maximum absolute atomic E-state index is 6.46. The number of hydrogen-bond donors (Lipinski definition) is 0. The molecule has 108 valence electrons. The van der Waals surface area contributed by atoms with Crippen molar-refractivity contribution < 1.29 is 8.85 Å². The van der Waals surface area contributed by atoms with Crippen LogP contribution >= 0.6 is 0 Å². The Balaban J connectivity index is 2.84. The van der Waals surface area contributed by atoms with Crippen molar-refractivity contribution in [3.8, 4) is 0 Å². The molecule has 1 aliphatic rings. The molecule has 18 heavy (non-hydrogen) atoms. The second-order valence-electron chi connectivity index (χ2n) is 7.78. The minimum Gasteiger partial charge on any atom is -0.389 e. The molecule has 0 spiro atoms. The lowest BCUT2D eigenvalue weighted by Crippen LogP contribution is -2.53. The van der Waals surface area contributed by atoms with Gasteiger partial charge in [0.05, 0.1) is 11.2 Å². The molecule has 1 rings (SSSR count). The van der Waals surface area contributed by atoms with E-state index in [2.05, 4.69) is 48.1 Å². The van der Waals surface area contributed by atoms with Gasteiger partial charge in [0, 0.05) is 5.54 Å². The third-order valence-electron chi connectivity index (χ3n) is 3.36. The summed E-state index contributed by atoms with van der Waals surface area (Å²) in [7, 11) is -2.12. The molecule has 0 saturated heterocycles. The van der Waals surface area contributed by atoms with Gasteiger partial charge in [-0.05, 0) is 60.9 Å². The quantitative estimate of drug-likeness (QED) is 0.671. The molecule has 0 heterocycles. The number of hydrogen-bond acceptors (Lipinski definition) is 2. The molecule has 1 fully saturated rings. The molecule has 0 aliphatic heterocycles. The van der Waals surface area contributed by atoms with Crippen LogP contribution in [0.3, 0.4) is 0 Å². The summed E-state index contributed by atoms with van der Waals surface area (Å²) in [5.74, 6) is 0. The molecule has 0 radical (unpaired) electrons. The van der Waals surface area contributed by atoms with Gasteiger partial charge >= 0.3 is 8.56 Å². The van der Waals surface area contributed by atoms with Crippen LogP contribution in [-0.4, -0.2) is 19.8 Å². The first-order valence-electron chi connectivity index (χ1n) is 7.42. The van der Waals surface area contributed by atoms with Crippen molar-refractivity contribution in [1.29, 1.82) is 0 Å². The monoisotopic (exact) mass is 272 g/mol. The first-order valence-corrected chi connectivity index (χ1v) is 9.82. The zero-order valence-electron chi connectivity index (χ0n) is 13.4. The van der Waals surface area contributed by atoms with Crippen molar-refractivity contribution in [2.24, 2.45) is 0 Å². The predicted molar refractivity (Wildman–Crippen MR) is 80.1 cm³/mol. The lowest BCUT2D eigenvalue weighted by atomic mass is 10.0. The lowest BCUT2D eigenvalue weighted by Gasteiger charge is -2.44. The van der Waals surface area contributed by atoms with E-state index in [1.54, 1.807) is 0 Å². The molecule has 1 aliphatic carbocycles. The molecule has 0 atom stereocenters. The summed E-state index contributed by atoms with van der Waals surface area (Å²) in [5, 5.41) is 0. The highest BCUT2D eigenvalue weighted by Crippen LogP contribution is 2.41. The molecule has 0 N–H and O–H groups in total. The topological polar surface area (TPSA) is 18.5 Å². The van der Waals surface area contributed by atoms with Crippen LogP contribution < -0.4 is 0 Å². The van der Waals surface area contributed by atoms with Crippen LogP contribution in [0.25, 0.3) is 0 Å². The Morgan fingerprint density at radius 2 is 1.17 bits per heavy atom. The summed E-state index contributed by atoms with van der Waals surface area (Å²) in [4.78, 5) is 0. The summed E-state index contributed by atoms with van der Waals surface area (Å²) in [6, 6.07) is 0. The van der Waals surface area contributed by atoms with E-state index < -0.39 is 8.56 Å². The van der Waals surface area contributed by atoms with Gasteiger partial charge in [0.15, 0.2) is 0 Å². The minimum atomic E-state index is -2.12. The fourth-order valence-corrected chi connectivity index (χ4v) is 7.29. The van der Waals surface area contributed by atoms with Crippen LogP contribution in [0.5, 0.6) is 0 Å². The van der Waals surface area contributed by atoms with E-state index in [0.717, 1.165) is 0 Å². The zero-order valence-corrected chi connectivity index (χ0v) is 14.4. The maximum Gasteiger partial charge on any atom is 0.338 e. The van der Waals surface area contributed by atoms with Gasteiger partial charge < -0.3 is 8.85 Å². The Morgan fingerprint density at radius 1 is 0.778 bits per heavy atom. The Labute approximate surface area is 115 Å². The van der Waals surface area contributed by atoms with Gasteiger partial charge in [0.2, 0.25) is 0 Å². The molecular formula is C15H32O2Si. The fraction of sp³-hybridized carbons (Fsp3) is 1.00. The van der Waals surface area contributed by atoms with E-state index in [9.17, 15) is 0 Å². The molecule has 0 unspecified atom stereocenters. The highest BCUT2D eigenvalue weighted by molar-refractivity contribution is 6.67. The number of rotatable bonds is 3. The molecule has 0 aromatic heterocycles. The predicted octanol–water partition coefficient (Wildman–Crippen LogP) is 5.02. The second-order valence-corrected chi connectivity index (χ2v) is 11.0. The third-order valence-corrected chi connectivity index (χ3v) is 7.46. The summed E-state index contributed by atoms with van der Waals surface area (Å²) < 4.78 is 12.9. The highest BCUT2D eigenvalue weighted by atomic mass is 28.4. The van der Waals surface area contributed by atoms with Crippen LogP contribution in [0.15, 0.2) is 0 Å². The van der Waals surface area contributed by atoms with Crippen molar-refractivity contribution in [3.05, 3.63) is 0 Å². The summed E-state index contributed by atoms with van der Waals surface area (Å²) in [6.07, 6.45) is 6.64. The molecular weight excluding hydrogens is 240 g/mol. The Hall–Kier alpha value is 0.137. The van der Waals surface area contributed by atoms with Crippen molar-refractivity contribution in [2.75, 3.05) is 0 Å². The van der Waals surface area contributed by atoms with Gasteiger partial charge in [-0.1, -0.05) is 19.3 Å². The molecule has 3 heteroatoms. The standard InChI is InChI=1S/C15H32O2Si/c1-14(2,3)16-18(7,17-15(4,5)6)13-11-9-8-10-12-13/h13H,8-12H2,1-7H3. The van der Waals surface area contributed by atoms with Gasteiger partial charge in [-0.15, -0.1) is 0 Å². The smallest absolute Gasteiger partial charge is 0.338 e. The largest absolute Gasteiger partial charge is 0.389 e. The third kappa shape index (κ3) is 5.41. The molecule has 0 aromatic rings. The van der Waals surface area contributed by atoms with Gasteiger partial charge in [-0.3, -0.25) is 0 Å². The van der Waals surface area contributed by atoms with E-state index in [-0.39, 0.29) is 11.2 Å². The van der Waals surface area contributed by atoms with Crippen molar-refractivity contribution in [2.45, 2.75) is 96.9 Å². The van der Waals surface area contributed by atoms with Crippen LogP contribution in [-0.2, 0) is 8.85 Å². The van der Waals surface area contributed by atoms with Gasteiger partial charge in [0.25, 0.3) is 0 Å². The van der Waals surface area contributed by atoms with E-state index in [0.29, 0.717) is 5.54 Å². The second kappa shape index (κ2) is 5.64. The molecule has 0 bridgehead atoms. The summed E-state index contributed by atoms with van der Waals surface area (Å²) >= 11 is 0. The van der Waals surface area contributed by atoms with Crippen molar-refractivity contribution in [1.82, 2.24) is 0 Å². The zero-order chi connectivity index (χ0) is 14.0. The van der Waals surface area contributed by atoms with Crippen LogP contribution in [0.1, 0.15) is 73.6 Å². The minimum absolute atomic E-state index is 0.107. The SMILES string of the molecule is CC(C)(C)O[Si](C)(OC(C)(C)C)C1CCCCC1. The van der Waals surface area contributed by atoms with Gasteiger partial charge in [-0.2, -0.15) is 0 Å². The van der Waals surface area contributed by atoms with Crippen molar-refractivity contribution >= 4 is 8.56 Å². The van der Waals surface area contributed by atoms with Crippen molar-refractivity contribution in [3.63, 3.8) is 0 Å². The van der Waals surface area contributed by atoms with Gasteiger partial charge in [0.1, 0.15) is 0 Å². The Kier molecular flexibility index (Phi) is 5.07. The van der Waals surface area contributed by atoms with Crippen LogP contribution in [0.2, 0.25) is 12.1 Å². The highest BCUT2D eigenvalue weighted by Gasteiger charge is 2.46. The van der Waals surface area contributed by atoms with Gasteiger partial charge in [-0.25, -0.2) is 0 Å². The average Bonchev–Trinajstić information content (AvgIpc) is 2.13. The molecule has 0 aromatic carbocycles. The van der Waals surface area contributed by atoms with E-state index in [4.69, 9.17) is 8.85 Å². The Bertz CT molecular complexity index is 241. The summed E-state index contributed by atoms with van der Waals surface area (Å²) in [6.45, 7) is 15.2. The van der Waals surface area contributed by atoms with E-state index >= 15 is 0 Å². The van der Waals surface area contributed by atoms with Crippen LogP contribution in [0.4, 0.5) is 0 Å². The lowest BCUT2D eigenvalue weighted by molar-refractivity contribution is 0.00977.